The summed E-state index contributed by atoms with van der Waals surface area (Å²) in [6, 6.07) is 0.114. The van der Waals surface area contributed by atoms with E-state index < -0.39 is 0 Å². The molecule has 0 bridgehead atoms. The van der Waals surface area contributed by atoms with Crippen LogP contribution in [0.1, 0.15) is 29.6 Å². The summed E-state index contributed by atoms with van der Waals surface area (Å²) in [6.07, 6.45) is 2.51. The largest absolute Gasteiger partial charge is 0.346 e. The van der Waals surface area contributed by atoms with Gasteiger partial charge in [0.25, 0.3) is 5.91 Å². The predicted octanol–water partition coefficient (Wildman–Crippen LogP) is 1.41. The van der Waals surface area contributed by atoms with Gasteiger partial charge >= 0.3 is 0 Å². The van der Waals surface area contributed by atoms with Crippen LogP contribution in [0.25, 0.3) is 0 Å². The van der Waals surface area contributed by atoms with Crippen LogP contribution in [0, 0.1) is 0 Å². The number of likely N-dealkylation sites (tertiary alicyclic amines) is 1. The number of nitrogens with zero attached hydrogens (tertiary/aromatic N) is 3. The van der Waals surface area contributed by atoms with E-state index in [1.807, 2.05) is 6.92 Å². The van der Waals surface area contributed by atoms with E-state index in [1.165, 1.54) is 12.8 Å². The van der Waals surface area contributed by atoms with Crippen LogP contribution in [0.2, 0.25) is 4.47 Å². The fourth-order valence-electron chi connectivity index (χ4n) is 1.98. The molecule has 2 rings (SSSR count). The van der Waals surface area contributed by atoms with Crippen LogP contribution in [0.5, 0.6) is 0 Å². The lowest BCUT2D eigenvalue weighted by Gasteiger charge is -2.20. The monoisotopic (exact) mass is 274 g/mol. The fraction of sp³-hybridized carbons (Fsp3) is 0.700. The Bertz CT molecular complexity index is 391. The van der Waals surface area contributed by atoms with E-state index in [1.54, 1.807) is 0 Å². The lowest BCUT2D eigenvalue weighted by Crippen LogP contribution is -2.41. The average Bonchev–Trinajstić information content (AvgIpc) is 2.89. The maximum atomic E-state index is 11.8. The summed E-state index contributed by atoms with van der Waals surface area (Å²) < 4.78 is 0.294. The second-order valence-electron chi connectivity index (χ2n) is 4.24. The minimum Gasteiger partial charge on any atom is -0.346 e. The zero-order valence-corrected chi connectivity index (χ0v) is 11.2. The van der Waals surface area contributed by atoms with Crippen LogP contribution < -0.4 is 5.32 Å². The quantitative estimate of drug-likeness (QED) is 0.902. The average molecular weight is 275 g/mol. The summed E-state index contributed by atoms with van der Waals surface area (Å²) in [5, 5.41) is 10.5. The highest BCUT2D eigenvalue weighted by atomic mass is 35.5. The Hall–Kier alpha value is -0.720. The van der Waals surface area contributed by atoms with Gasteiger partial charge in [-0.15, -0.1) is 10.2 Å². The first kappa shape index (κ1) is 12.7. The third-order valence-corrected chi connectivity index (χ3v) is 3.72. The van der Waals surface area contributed by atoms with Crippen LogP contribution in [0.3, 0.4) is 0 Å². The van der Waals surface area contributed by atoms with Gasteiger partial charge in [-0.05, 0) is 44.5 Å². The molecule has 94 valence electrons. The molecule has 0 spiro atoms. The molecule has 1 aliphatic heterocycles. The lowest BCUT2D eigenvalue weighted by atomic mass is 10.3. The summed E-state index contributed by atoms with van der Waals surface area (Å²) in [5.41, 5.74) is 0. The van der Waals surface area contributed by atoms with Crippen molar-refractivity contribution in [2.45, 2.75) is 25.8 Å². The van der Waals surface area contributed by atoms with Gasteiger partial charge in [0.1, 0.15) is 0 Å². The van der Waals surface area contributed by atoms with Gasteiger partial charge in [0, 0.05) is 12.6 Å². The van der Waals surface area contributed by atoms with Crippen molar-refractivity contribution >= 4 is 28.8 Å². The van der Waals surface area contributed by atoms with Crippen molar-refractivity contribution in [3.63, 3.8) is 0 Å². The van der Waals surface area contributed by atoms with Gasteiger partial charge in [-0.2, -0.15) is 0 Å². The summed E-state index contributed by atoms with van der Waals surface area (Å²) >= 11 is 6.73. The highest BCUT2D eigenvalue weighted by Crippen LogP contribution is 2.14. The first-order valence-corrected chi connectivity index (χ1v) is 6.87. The van der Waals surface area contributed by atoms with E-state index in [-0.39, 0.29) is 11.9 Å². The molecule has 1 atom stereocenters. The molecule has 5 nitrogen and oxygen atoms in total. The fourth-order valence-corrected chi connectivity index (χ4v) is 2.71. The molecule has 0 aromatic carbocycles. The standard InChI is InChI=1S/C10H15ClN4OS/c1-7(6-15-4-2-3-5-15)12-8(16)9-13-14-10(11)17-9/h7H,2-6H2,1H3,(H,12,16). The van der Waals surface area contributed by atoms with Crippen molar-refractivity contribution < 1.29 is 4.79 Å². The number of hydrogen-bond donors (Lipinski definition) is 1. The molecule has 1 aromatic heterocycles. The number of aromatic nitrogens is 2. The number of carbonyl (C=O) groups excluding carboxylic acids is 1. The minimum atomic E-state index is -0.193. The minimum absolute atomic E-state index is 0.114. The van der Waals surface area contributed by atoms with E-state index >= 15 is 0 Å². The summed E-state index contributed by atoms with van der Waals surface area (Å²) in [4.78, 5) is 14.1. The van der Waals surface area contributed by atoms with Crippen molar-refractivity contribution in [2.24, 2.45) is 0 Å². The molecule has 0 aliphatic carbocycles. The molecule has 1 saturated heterocycles. The molecule has 0 radical (unpaired) electrons. The van der Waals surface area contributed by atoms with Crippen LogP contribution in [0.4, 0.5) is 0 Å². The molecule has 17 heavy (non-hydrogen) atoms. The summed E-state index contributed by atoms with van der Waals surface area (Å²) in [7, 11) is 0. The zero-order chi connectivity index (χ0) is 12.3. The van der Waals surface area contributed by atoms with Crippen molar-refractivity contribution in [1.82, 2.24) is 20.4 Å². The molecule has 2 heterocycles. The van der Waals surface area contributed by atoms with Gasteiger partial charge in [0.15, 0.2) is 0 Å². The highest BCUT2D eigenvalue weighted by Gasteiger charge is 2.18. The normalized spacial score (nSPS) is 18.2. The Labute approximate surface area is 109 Å². The molecular weight excluding hydrogens is 260 g/mol. The maximum Gasteiger partial charge on any atom is 0.282 e. The molecular formula is C10H15ClN4OS. The molecule has 7 heteroatoms. The molecule has 1 fully saturated rings. The highest BCUT2D eigenvalue weighted by molar-refractivity contribution is 7.17. The topological polar surface area (TPSA) is 58.1 Å². The van der Waals surface area contributed by atoms with E-state index in [4.69, 9.17) is 11.6 Å². The third kappa shape index (κ3) is 3.62. The molecule has 1 aliphatic rings. The second kappa shape index (κ2) is 5.75. The van der Waals surface area contributed by atoms with Gasteiger partial charge in [0.05, 0.1) is 0 Å². The number of carbonyl (C=O) groups is 1. The van der Waals surface area contributed by atoms with Crippen LogP contribution in [-0.4, -0.2) is 46.7 Å². The van der Waals surface area contributed by atoms with E-state index in [0.29, 0.717) is 9.47 Å². The number of hydrogen-bond acceptors (Lipinski definition) is 5. The van der Waals surface area contributed by atoms with Crippen molar-refractivity contribution in [3.8, 4) is 0 Å². The number of halogens is 1. The van der Waals surface area contributed by atoms with Crippen molar-refractivity contribution in [2.75, 3.05) is 19.6 Å². The Morgan fingerprint density at radius 2 is 2.24 bits per heavy atom. The summed E-state index contributed by atoms with van der Waals surface area (Å²) in [5.74, 6) is -0.193. The summed E-state index contributed by atoms with van der Waals surface area (Å²) in [6.45, 7) is 5.15. The predicted molar refractivity (Wildman–Crippen MR) is 67.5 cm³/mol. The smallest absolute Gasteiger partial charge is 0.282 e. The van der Waals surface area contributed by atoms with E-state index in [9.17, 15) is 4.79 Å². The molecule has 0 saturated carbocycles. The second-order valence-corrected chi connectivity index (χ2v) is 5.80. The third-order valence-electron chi connectivity index (χ3n) is 2.70. The number of rotatable bonds is 4. The van der Waals surface area contributed by atoms with E-state index in [0.717, 1.165) is 31.0 Å². The van der Waals surface area contributed by atoms with Crippen LogP contribution in [-0.2, 0) is 0 Å². The van der Waals surface area contributed by atoms with Crippen molar-refractivity contribution in [1.29, 1.82) is 0 Å². The zero-order valence-electron chi connectivity index (χ0n) is 9.65. The molecule has 1 aromatic rings. The molecule has 1 unspecified atom stereocenters. The lowest BCUT2D eigenvalue weighted by molar-refractivity contribution is 0.0931. The van der Waals surface area contributed by atoms with Gasteiger partial charge in [0.2, 0.25) is 9.47 Å². The van der Waals surface area contributed by atoms with Crippen LogP contribution in [0.15, 0.2) is 0 Å². The van der Waals surface area contributed by atoms with Crippen molar-refractivity contribution in [3.05, 3.63) is 9.47 Å². The Morgan fingerprint density at radius 1 is 1.53 bits per heavy atom. The number of amides is 1. The first-order valence-electron chi connectivity index (χ1n) is 5.67. The Morgan fingerprint density at radius 3 is 2.82 bits per heavy atom. The van der Waals surface area contributed by atoms with Gasteiger partial charge in [-0.3, -0.25) is 4.79 Å². The van der Waals surface area contributed by atoms with E-state index in [2.05, 4.69) is 20.4 Å². The number of nitrogens with one attached hydrogen (secondary N) is 1. The Balaban J connectivity index is 1.81. The SMILES string of the molecule is CC(CN1CCCC1)NC(=O)c1nnc(Cl)s1. The van der Waals surface area contributed by atoms with Gasteiger partial charge in [-0.1, -0.05) is 11.3 Å². The Kier molecular flexibility index (Phi) is 4.31. The first-order chi connectivity index (χ1) is 8.15. The maximum absolute atomic E-state index is 11.8. The van der Waals surface area contributed by atoms with Crippen LogP contribution >= 0.6 is 22.9 Å². The van der Waals surface area contributed by atoms with Gasteiger partial charge < -0.3 is 10.2 Å². The van der Waals surface area contributed by atoms with Gasteiger partial charge in [-0.25, -0.2) is 0 Å². The molecule has 1 N–H and O–H groups in total. The molecule has 1 amide bonds.